The summed E-state index contributed by atoms with van der Waals surface area (Å²) in [6.45, 7) is 0. The third-order valence-electron chi connectivity index (χ3n) is 2.24. The van der Waals surface area contributed by atoms with Crippen molar-refractivity contribution in [3.05, 3.63) is 16.9 Å². The Labute approximate surface area is 102 Å². The molecule has 0 atom stereocenters. The molecular formula is C9H11I2S-. The molecule has 0 unspecified atom stereocenters. The average molecular weight is 405 g/mol. The van der Waals surface area contributed by atoms with Crippen molar-refractivity contribution >= 4 is 33.9 Å². The Morgan fingerprint density at radius 1 is 1.33 bits per heavy atom. The van der Waals surface area contributed by atoms with Gasteiger partial charge in [-0.2, -0.15) is 0 Å². The molecule has 0 spiro atoms. The molecule has 0 bridgehead atoms. The summed E-state index contributed by atoms with van der Waals surface area (Å²) in [7, 11) is 0. The molecule has 0 N–H and O–H groups in total. The SMILES string of the molecule is C[I-]c1sc2c(c1I)CCCC2. The van der Waals surface area contributed by atoms with Gasteiger partial charge in [0.1, 0.15) is 0 Å². The summed E-state index contributed by atoms with van der Waals surface area (Å²) in [4.78, 5) is 4.08. The molecule has 2 rings (SSSR count). The molecule has 3 heteroatoms. The van der Waals surface area contributed by atoms with E-state index in [9.17, 15) is 0 Å². The van der Waals surface area contributed by atoms with Gasteiger partial charge in [0.2, 0.25) is 0 Å². The molecule has 0 aliphatic heterocycles. The number of fused-ring (bicyclic) bond motifs is 1. The molecule has 0 fully saturated rings. The molecule has 1 aliphatic rings. The molecule has 1 aliphatic carbocycles. The van der Waals surface area contributed by atoms with Crippen LogP contribution in [0.1, 0.15) is 23.3 Å². The Bertz CT molecular complexity index is 291. The topological polar surface area (TPSA) is 0 Å². The number of hydrogen-bond acceptors (Lipinski definition) is 1. The van der Waals surface area contributed by atoms with Gasteiger partial charge in [-0.15, -0.1) is 0 Å². The van der Waals surface area contributed by atoms with E-state index in [0.29, 0.717) is 21.2 Å². The van der Waals surface area contributed by atoms with Crippen LogP contribution in [0.25, 0.3) is 0 Å². The Hall–Kier alpha value is 1.16. The Kier molecular flexibility index (Phi) is 3.34. The zero-order valence-electron chi connectivity index (χ0n) is 6.99. The van der Waals surface area contributed by atoms with Crippen LogP contribution in [0.3, 0.4) is 0 Å². The fraction of sp³-hybridized carbons (Fsp3) is 0.556. The van der Waals surface area contributed by atoms with Gasteiger partial charge in [0.25, 0.3) is 0 Å². The Balaban J connectivity index is 2.44. The zero-order chi connectivity index (χ0) is 8.55. The van der Waals surface area contributed by atoms with Crippen molar-refractivity contribution in [2.75, 3.05) is 4.93 Å². The second kappa shape index (κ2) is 4.13. The van der Waals surface area contributed by atoms with Gasteiger partial charge in [0, 0.05) is 0 Å². The van der Waals surface area contributed by atoms with Crippen molar-refractivity contribution in [3.8, 4) is 0 Å². The van der Waals surface area contributed by atoms with Gasteiger partial charge >= 0.3 is 103 Å². The van der Waals surface area contributed by atoms with Gasteiger partial charge in [0.15, 0.2) is 0 Å². The van der Waals surface area contributed by atoms with Gasteiger partial charge in [-0.1, -0.05) is 0 Å². The molecule has 1 aromatic rings. The van der Waals surface area contributed by atoms with Crippen molar-refractivity contribution in [2.45, 2.75) is 25.7 Å². The van der Waals surface area contributed by atoms with Crippen molar-refractivity contribution in [1.29, 1.82) is 0 Å². The van der Waals surface area contributed by atoms with E-state index < -0.39 is 0 Å². The summed E-state index contributed by atoms with van der Waals surface area (Å²) in [5.74, 6) is 0. The molecule has 12 heavy (non-hydrogen) atoms. The van der Waals surface area contributed by atoms with E-state index in [4.69, 9.17) is 0 Å². The first-order valence-corrected chi connectivity index (χ1v) is 9.25. The fourth-order valence-electron chi connectivity index (χ4n) is 1.62. The molecule has 68 valence electrons. The summed E-state index contributed by atoms with van der Waals surface area (Å²) < 4.78 is 3.35. The number of alkyl halides is 1. The van der Waals surface area contributed by atoms with Crippen LogP contribution in [0, 0.1) is 6.45 Å². The van der Waals surface area contributed by atoms with Gasteiger partial charge < -0.3 is 0 Å². The van der Waals surface area contributed by atoms with E-state index in [1.165, 1.54) is 25.7 Å². The number of rotatable bonds is 1. The standard InChI is InChI=1S/C9H11I2S/c1-11-9-8(10)6-4-2-3-5-7(6)12-9/h2-5H2,1H3/q-1. The summed E-state index contributed by atoms with van der Waals surface area (Å²) in [5, 5.41) is 0. The molecular weight excluding hydrogens is 394 g/mol. The van der Waals surface area contributed by atoms with Crippen LogP contribution in [0.4, 0.5) is 0 Å². The van der Waals surface area contributed by atoms with Crippen molar-refractivity contribution in [3.63, 3.8) is 0 Å². The minimum absolute atomic E-state index is 0.318. The summed E-state index contributed by atoms with van der Waals surface area (Å²) >= 11 is 4.98. The molecule has 0 aromatic carbocycles. The number of halogens is 2. The molecule has 1 heterocycles. The predicted octanol–water partition coefficient (Wildman–Crippen LogP) is 0.120. The van der Waals surface area contributed by atoms with E-state index in [-0.39, 0.29) is 0 Å². The van der Waals surface area contributed by atoms with Crippen LogP contribution in [0.2, 0.25) is 0 Å². The predicted molar refractivity (Wildman–Crippen MR) is 58.3 cm³/mol. The van der Waals surface area contributed by atoms with Crippen LogP contribution >= 0.6 is 33.9 Å². The van der Waals surface area contributed by atoms with E-state index in [0.717, 1.165) is 0 Å². The van der Waals surface area contributed by atoms with E-state index >= 15 is 0 Å². The third-order valence-corrected chi connectivity index (χ3v) is 9.12. The number of aryl methyl sites for hydroxylation is 1. The first-order chi connectivity index (χ1) is 5.83. The van der Waals surface area contributed by atoms with Crippen LogP contribution < -0.4 is 21.2 Å². The van der Waals surface area contributed by atoms with Crippen molar-refractivity contribution in [2.24, 2.45) is 0 Å². The van der Waals surface area contributed by atoms with Crippen LogP contribution in [0.5, 0.6) is 0 Å². The molecule has 0 amide bonds. The first kappa shape index (κ1) is 9.71. The second-order valence-corrected chi connectivity index (χ2v) is 8.06. The first-order valence-electron chi connectivity index (χ1n) is 4.12. The van der Waals surface area contributed by atoms with E-state index in [1.54, 1.807) is 16.9 Å². The summed E-state index contributed by atoms with van der Waals surface area (Å²) in [6.07, 6.45) is 5.56. The normalized spacial score (nSPS) is 16.5. The van der Waals surface area contributed by atoms with Crippen molar-refractivity contribution in [1.82, 2.24) is 0 Å². The maximum atomic E-state index is 2.56. The third kappa shape index (κ3) is 1.68. The van der Waals surface area contributed by atoms with Gasteiger partial charge in [-0.3, -0.25) is 0 Å². The van der Waals surface area contributed by atoms with Gasteiger partial charge in [-0.25, -0.2) is 0 Å². The molecule has 0 nitrogen and oxygen atoms in total. The van der Waals surface area contributed by atoms with E-state index in [1.807, 2.05) is 0 Å². The molecule has 0 saturated heterocycles. The summed E-state index contributed by atoms with van der Waals surface area (Å²) in [5.41, 5.74) is 1.71. The number of hydrogen-bond donors (Lipinski definition) is 0. The summed E-state index contributed by atoms with van der Waals surface area (Å²) in [6, 6.07) is 0. The Morgan fingerprint density at radius 3 is 2.75 bits per heavy atom. The monoisotopic (exact) mass is 405 g/mol. The van der Waals surface area contributed by atoms with Crippen LogP contribution in [-0.2, 0) is 12.8 Å². The maximum absolute atomic E-state index is 2.56. The van der Waals surface area contributed by atoms with E-state index in [2.05, 4.69) is 38.9 Å². The van der Waals surface area contributed by atoms with Gasteiger partial charge in [0.05, 0.1) is 0 Å². The average Bonchev–Trinajstić information content (AvgIpc) is 2.44. The van der Waals surface area contributed by atoms with Crippen LogP contribution in [-0.4, -0.2) is 4.93 Å². The number of thiophene rings is 1. The van der Waals surface area contributed by atoms with Crippen LogP contribution in [0.15, 0.2) is 0 Å². The zero-order valence-corrected chi connectivity index (χ0v) is 12.1. The van der Waals surface area contributed by atoms with Crippen molar-refractivity contribution < 1.29 is 21.2 Å². The molecule has 1 aromatic heterocycles. The molecule has 0 radical (unpaired) electrons. The van der Waals surface area contributed by atoms with Gasteiger partial charge in [-0.05, 0) is 0 Å². The fourth-order valence-corrected chi connectivity index (χ4v) is 7.43. The Morgan fingerprint density at radius 2 is 2.08 bits per heavy atom. The quantitative estimate of drug-likeness (QED) is 0.460. The minimum atomic E-state index is 0.318. The molecule has 0 saturated carbocycles. The second-order valence-electron chi connectivity index (χ2n) is 2.99.